The Kier molecular flexibility index (Phi) is 21.0. The molecule has 0 aromatic rings. The van der Waals surface area contributed by atoms with Crippen LogP contribution in [-0.2, 0) is 9.63 Å². The van der Waals surface area contributed by atoms with Crippen LogP contribution < -0.4 is 0 Å². The molecule has 0 aliphatic carbocycles. The number of rotatable bonds is 1. The van der Waals surface area contributed by atoms with E-state index in [1.807, 2.05) is 0 Å². The van der Waals surface area contributed by atoms with Crippen LogP contribution in [0, 0.1) is 0 Å². The predicted molar refractivity (Wildman–Crippen MR) is 32.9 cm³/mol. The van der Waals surface area contributed by atoms with Gasteiger partial charge in [0.15, 0.2) is 0 Å². The predicted octanol–water partition coefficient (Wildman–Crippen LogP) is 0.844. The molecule has 0 aromatic heterocycles. The maximum Gasteiger partial charge on any atom is 0.116 e. The summed E-state index contributed by atoms with van der Waals surface area (Å²) in [5.41, 5.74) is 0. The summed E-state index contributed by atoms with van der Waals surface area (Å²) in [5, 5.41) is 3.35. The molecule has 0 heterocycles. The minimum Gasteiger partial charge on any atom is -0.399 e. The summed E-state index contributed by atoms with van der Waals surface area (Å²) < 4.78 is 0. The first-order chi connectivity index (χ1) is 3.83. The number of carbonyl (C=O) groups is 1. The molecule has 3 nitrogen and oxygen atoms in total. The number of hydrogen-bond donors (Lipinski definition) is 0. The number of carbonyl (C=O) groups excluding carboxylic acids is 1. The highest BCUT2D eigenvalue weighted by Crippen LogP contribution is 1.56. The van der Waals surface area contributed by atoms with Crippen LogP contribution in [0.1, 0.15) is 13.8 Å². The Morgan fingerprint density at radius 1 is 1.50 bits per heavy atom. The van der Waals surface area contributed by atoms with E-state index in [-0.39, 0.29) is 0 Å². The summed E-state index contributed by atoms with van der Waals surface area (Å²) in [4.78, 5) is 13.1. The maximum atomic E-state index is 8.81. The van der Waals surface area contributed by atoms with Crippen molar-refractivity contribution in [2.24, 2.45) is 5.16 Å². The minimum atomic E-state index is 0.750. The third-order valence-electron chi connectivity index (χ3n) is 0.211. The monoisotopic (exact) mass is 117 g/mol. The number of aldehydes is 1. The molecule has 0 N–H and O–H groups in total. The van der Waals surface area contributed by atoms with E-state index in [9.17, 15) is 0 Å². The van der Waals surface area contributed by atoms with Gasteiger partial charge in [-0.05, 0) is 13.8 Å². The summed E-state index contributed by atoms with van der Waals surface area (Å²) in [7, 11) is 1.51. The quantitative estimate of drug-likeness (QED) is 0.290. The van der Waals surface area contributed by atoms with Gasteiger partial charge in [0.2, 0.25) is 0 Å². The van der Waals surface area contributed by atoms with Crippen LogP contribution >= 0.6 is 0 Å². The average Bonchev–Trinajstić information content (AvgIpc) is 1.71. The van der Waals surface area contributed by atoms with Crippen molar-refractivity contribution in [1.82, 2.24) is 0 Å². The molecule has 0 rings (SSSR count). The molecule has 0 unspecified atom stereocenters. The standard InChI is InChI=1S/C3H7NO.C2H4O/c1-3-4-5-2;1-2-3/h3H,1-2H3;2H,1H3/b4-3-;. The molecule has 0 fully saturated rings. The summed E-state index contributed by atoms with van der Waals surface area (Å²) >= 11 is 0. The molecule has 0 aromatic carbocycles. The van der Waals surface area contributed by atoms with Gasteiger partial charge in [-0.3, -0.25) is 0 Å². The van der Waals surface area contributed by atoms with E-state index in [1.165, 1.54) is 14.0 Å². The highest BCUT2D eigenvalue weighted by Gasteiger charge is 1.46. The van der Waals surface area contributed by atoms with Crippen molar-refractivity contribution in [1.29, 1.82) is 0 Å². The third-order valence-corrected chi connectivity index (χ3v) is 0.211. The normalized spacial score (nSPS) is 7.38. The molecule has 3 heteroatoms. The van der Waals surface area contributed by atoms with Gasteiger partial charge in [-0.2, -0.15) is 0 Å². The van der Waals surface area contributed by atoms with Crippen molar-refractivity contribution in [3.05, 3.63) is 0 Å². The van der Waals surface area contributed by atoms with Gasteiger partial charge in [0.25, 0.3) is 0 Å². The SMILES string of the molecule is C/C=N\OC.CC=O. The van der Waals surface area contributed by atoms with Gasteiger partial charge >= 0.3 is 0 Å². The van der Waals surface area contributed by atoms with Crippen LogP contribution in [-0.4, -0.2) is 19.6 Å². The Morgan fingerprint density at radius 3 is 1.88 bits per heavy atom. The molecule has 0 radical (unpaired) electrons. The Bertz CT molecular complexity index is 61.4. The molecule has 0 amide bonds. The summed E-state index contributed by atoms with van der Waals surface area (Å²) in [6.45, 7) is 3.24. The average molecular weight is 117 g/mol. The van der Waals surface area contributed by atoms with Gasteiger partial charge in [-0.25, -0.2) is 0 Å². The molecule has 0 bridgehead atoms. The van der Waals surface area contributed by atoms with E-state index in [2.05, 4.69) is 9.99 Å². The first kappa shape index (κ1) is 10.2. The fourth-order valence-corrected chi connectivity index (χ4v) is 0.105. The topological polar surface area (TPSA) is 38.7 Å². The molecular weight excluding hydrogens is 106 g/mol. The van der Waals surface area contributed by atoms with Gasteiger partial charge in [0.1, 0.15) is 13.4 Å². The van der Waals surface area contributed by atoms with Crippen LogP contribution in [0.5, 0.6) is 0 Å². The van der Waals surface area contributed by atoms with Crippen LogP contribution in [0.4, 0.5) is 0 Å². The molecule has 8 heavy (non-hydrogen) atoms. The smallest absolute Gasteiger partial charge is 0.116 e. The minimum absolute atomic E-state index is 0.750. The molecule has 0 saturated carbocycles. The lowest BCUT2D eigenvalue weighted by Gasteiger charge is -1.75. The second kappa shape index (κ2) is 16.5. The zero-order chi connectivity index (χ0) is 6.83. The highest BCUT2D eigenvalue weighted by atomic mass is 16.6. The van der Waals surface area contributed by atoms with Gasteiger partial charge in [-0.1, -0.05) is 0 Å². The molecule has 0 spiro atoms. The van der Waals surface area contributed by atoms with E-state index >= 15 is 0 Å². The summed E-state index contributed by atoms with van der Waals surface area (Å²) in [6.07, 6.45) is 2.33. The molecule has 0 atom stereocenters. The van der Waals surface area contributed by atoms with E-state index < -0.39 is 0 Å². The van der Waals surface area contributed by atoms with Crippen molar-refractivity contribution >= 4 is 12.5 Å². The summed E-state index contributed by atoms with van der Waals surface area (Å²) in [6, 6.07) is 0. The zero-order valence-corrected chi connectivity index (χ0v) is 5.42. The fraction of sp³-hybridized carbons (Fsp3) is 0.600. The van der Waals surface area contributed by atoms with Crippen LogP contribution in [0.25, 0.3) is 0 Å². The highest BCUT2D eigenvalue weighted by molar-refractivity contribution is 5.52. The molecule has 48 valence electrons. The fourth-order valence-electron chi connectivity index (χ4n) is 0.105. The molecule has 0 aliphatic rings. The number of nitrogens with zero attached hydrogens (tertiary/aromatic N) is 1. The van der Waals surface area contributed by atoms with E-state index in [4.69, 9.17) is 4.79 Å². The van der Waals surface area contributed by atoms with E-state index in [0.717, 1.165) is 6.29 Å². The first-order valence-corrected chi connectivity index (χ1v) is 2.24. The summed E-state index contributed by atoms with van der Waals surface area (Å²) in [5.74, 6) is 0. The van der Waals surface area contributed by atoms with Crippen molar-refractivity contribution in [2.75, 3.05) is 7.11 Å². The van der Waals surface area contributed by atoms with Crippen LogP contribution in [0.2, 0.25) is 0 Å². The van der Waals surface area contributed by atoms with E-state index in [1.54, 1.807) is 13.1 Å². The lowest BCUT2D eigenvalue weighted by atomic mass is 10.9. The Balaban J connectivity index is 0. The zero-order valence-electron chi connectivity index (χ0n) is 5.42. The second-order valence-corrected chi connectivity index (χ2v) is 0.782. The first-order valence-electron chi connectivity index (χ1n) is 2.24. The lowest BCUT2D eigenvalue weighted by molar-refractivity contribution is -0.106. The van der Waals surface area contributed by atoms with Crippen molar-refractivity contribution in [3.8, 4) is 0 Å². The van der Waals surface area contributed by atoms with Crippen LogP contribution in [0.3, 0.4) is 0 Å². The molecule has 0 aliphatic heterocycles. The maximum absolute atomic E-state index is 8.81. The third kappa shape index (κ3) is 67.8. The Hall–Kier alpha value is -0.860. The molecule has 0 saturated heterocycles. The number of oxime groups is 1. The van der Waals surface area contributed by atoms with Gasteiger partial charge in [-0.15, -0.1) is 5.16 Å². The largest absolute Gasteiger partial charge is 0.399 e. The lowest BCUT2D eigenvalue weighted by Crippen LogP contribution is -1.63. The van der Waals surface area contributed by atoms with Gasteiger partial charge < -0.3 is 9.63 Å². The van der Waals surface area contributed by atoms with Gasteiger partial charge in [0.05, 0.1) is 0 Å². The second-order valence-electron chi connectivity index (χ2n) is 0.782. The van der Waals surface area contributed by atoms with E-state index in [0.29, 0.717) is 0 Å². The van der Waals surface area contributed by atoms with Crippen molar-refractivity contribution in [2.45, 2.75) is 13.8 Å². The number of hydrogen-bond acceptors (Lipinski definition) is 3. The Labute approximate surface area is 49.3 Å². The van der Waals surface area contributed by atoms with Crippen LogP contribution in [0.15, 0.2) is 5.16 Å². The molecular formula is C5H11NO2. The van der Waals surface area contributed by atoms with Crippen molar-refractivity contribution < 1.29 is 9.63 Å². The Morgan fingerprint density at radius 2 is 1.88 bits per heavy atom. The van der Waals surface area contributed by atoms with Crippen molar-refractivity contribution in [3.63, 3.8) is 0 Å². The van der Waals surface area contributed by atoms with Gasteiger partial charge in [0, 0.05) is 6.21 Å².